The third kappa shape index (κ3) is 7.82. The molecule has 38 heavy (non-hydrogen) atoms. The largest absolute Gasteiger partial charge is 0.447 e. The molecule has 0 aliphatic heterocycles. The SMILES string of the molecule is CON.CONC(=O)OCC1c2ccccc2-c2ccccc21.CONC(=O)c1ccc(C)c([N+](=O)[O-])c1. The fourth-order valence-electron chi connectivity index (χ4n) is 3.81. The number of rotatable bonds is 6. The molecule has 0 spiro atoms. The zero-order valence-corrected chi connectivity index (χ0v) is 21.4. The van der Waals surface area contributed by atoms with E-state index in [-0.39, 0.29) is 17.2 Å². The molecule has 1 aliphatic carbocycles. The van der Waals surface area contributed by atoms with Gasteiger partial charge in [0.05, 0.1) is 26.3 Å². The molecule has 3 aromatic rings. The van der Waals surface area contributed by atoms with Gasteiger partial charge in [0.25, 0.3) is 11.6 Å². The molecule has 0 radical (unpaired) electrons. The molecule has 202 valence electrons. The second-order valence-corrected chi connectivity index (χ2v) is 7.76. The van der Waals surface area contributed by atoms with Crippen molar-refractivity contribution < 1.29 is 33.8 Å². The summed E-state index contributed by atoms with van der Waals surface area (Å²) in [6.45, 7) is 1.90. The van der Waals surface area contributed by atoms with E-state index in [1.165, 1.54) is 61.8 Å². The Balaban J connectivity index is 0.000000251. The molecule has 0 bridgehead atoms. The highest BCUT2D eigenvalue weighted by atomic mass is 16.7. The Hall–Kier alpha value is -4.36. The highest BCUT2D eigenvalue weighted by molar-refractivity contribution is 5.94. The van der Waals surface area contributed by atoms with Crippen molar-refractivity contribution >= 4 is 17.7 Å². The van der Waals surface area contributed by atoms with Crippen molar-refractivity contribution in [2.75, 3.05) is 27.9 Å². The third-order valence-corrected chi connectivity index (χ3v) is 5.39. The number of aryl methyl sites for hydroxylation is 1. The number of hydrogen-bond donors (Lipinski definition) is 3. The second-order valence-electron chi connectivity index (χ2n) is 7.76. The van der Waals surface area contributed by atoms with Crippen LogP contribution >= 0.6 is 0 Å². The van der Waals surface area contributed by atoms with Crippen LogP contribution in [0.5, 0.6) is 0 Å². The van der Waals surface area contributed by atoms with E-state index < -0.39 is 16.9 Å². The van der Waals surface area contributed by atoms with Crippen LogP contribution in [0.15, 0.2) is 66.7 Å². The van der Waals surface area contributed by atoms with Gasteiger partial charge in [-0.25, -0.2) is 16.2 Å². The van der Waals surface area contributed by atoms with Crippen LogP contribution in [0.4, 0.5) is 10.5 Å². The molecular formula is C26H30N4O8. The van der Waals surface area contributed by atoms with Gasteiger partial charge in [-0.05, 0) is 35.2 Å². The Morgan fingerprint density at radius 3 is 1.95 bits per heavy atom. The van der Waals surface area contributed by atoms with Crippen molar-refractivity contribution in [2.24, 2.45) is 5.90 Å². The fourth-order valence-corrected chi connectivity index (χ4v) is 3.81. The Morgan fingerprint density at radius 1 is 0.921 bits per heavy atom. The summed E-state index contributed by atoms with van der Waals surface area (Å²) in [5, 5.41) is 10.6. The van der Waals surface area contributed by atoms with E-state index in [4.69, 9.17) is 4.74 Å². The molecule has 4 N–H and O–H groups in total. The Kier molecular flexibility index (Phi) is 11.8. The van der Waals surface area contributed by atoms with Gasteiger partial charge in [0, 0.05) is 23.1 Å². The monoisotopic (exact) mass is 526 g/mol. The molecule has 0 saturated carbocycles. The molecule has 3 aromatic carbocycles. The lowest BCUT2D eigenvalue weighted by molar-refractivity contribution is -0.385. The predicted molar refractivity (Wildman–Crippen MR) is 139 cm³/mol. The zero-order valence-electron chi connectivity index (χ0n) is 21.4. The third-order valence-electron chi connectivity index (χ3n) is 5.39. The number of benzene rings is 3. The first-order valence-corrected chi connectivity index (χ1v) is 11.2. The average molecular weight is 527 g/mol. The second kappa shape index (κ2) is 15.0. The van der Waals surface area contributed by atoms with Crippen molar-refractivity contribution in [3.05, 3.63) is 99.1 Å². The number of amides is 2. The lowest BCUT2D eigenvalue weighted by Gasteiger charge is -2.13. The molecule has 0 unspecified atom stereocenters. The number of carbonyl (C=O) groups excluding carboxylic acids is 2. The van der Waals surface area contributed by atoms with Gasteiger partial charge in [-0.1, -0.05) is 54.6 Å². The van der Waals surface area contributed by atoms with E-state index in [0.29, 0.717) is 12.2 Å². The molecule has 0 saturated heterocycles. The number of nitrogens with two attached hydrogens (primary N) is 1. The maximum atomic E-state index is 11.4. The maximum absolute atomic E-state index is 11.4. The minimum atomic E-state index is -0.575. The number of hydroxylamine groups is 2. The number of nitro groups is 1. The molecule has 4 rings (SSSR count). The molecule has 0 aromatic heterocycles. The summed E-state index contributed by atoms with van der Waals surface area (Å²) in [5.74, 6) is 3.91. The van der Waals surface area contributed by atoms with Gasteiger partial charge in [0.2, 0.25) is 0 Å². The molecular weight excluding hydrogens is 496 g/mol. The molecule has 12 heteroatoms. The minimum absolute atomic E-state index is 0.0741. The van der Waals surface area contributed by atoms with Crippen LogP contribution in [0.3, 0.4) is 0 Å². The summed E-state index contributed by atoms with van der Waals surface area (Å²) in [5.41, 5.74) is 9.67. The van der Waals surface area contributed by atoms with Crippen molar-refractivity contribution in [1.82, 2.24) is 11.0 Å². The van der Waals surface area contributed by atoms with Crippen LogP contribution in [-0.4, -0.2) is 44.9 Å². The number of hydrogen-bond acceptors (Lipinski definition) is 9. The first-order valence-electron chi connectivity index (χ1n) is 11.2. The Morgan fingerprint density at radius 2 is 1.45 bits per heavy atom. The highest BCUT2D eigenvalue weighted by Gasteiger charge is 2.28. The van der Waals surface area contributed by atoms with Crippen LogP contribution in [0, 0.1) is 17.0 Å². The Bertz CT molecular complexity index is 1210. The Labute approximate surface area is 219 Å². The van der Waals surface area contributed by atoms with E-state index in [0.717, 1.165) is 0 Å². The van der Waals surface area contributed by atoms with Gasteiger partial charge >= 0.3 is 6.09 Å². The first-order chi connectivity index (χ1) is 18.3. The topological polar surface area (TPSA) is 164 Å². The van der Waals surface area contributed by atoms with Gasteiger partial charge < -0.3 is 9.57 Å². The summed E-state index contributed by atoms with van der Waals surface area (Å²) in [7, 11) is 4.07. The fraction of sp³-hybridized carbons (Fsp3) is 0.231. The summed E-state index contributed by atoms with van der Waals surface area (Å²) >= 11 is 0. The molecule has 0 fully saturated rings. The summed E-state index contributed by atoms with van der Waals surface area (Å²) < 4.78 is 5.21. The quantitative estimate of drug-likeness (QED) is 0.320. The van der Waals surface area contributed by atoms with Crippen molar-refractivity contribution in [3.63, 3.8) is 0 Å². The molecule has 2 amide bonds. The maximum Gasteiger partial charge on any atom is 0.431 e. The van der Waals surface area contributed by atoms with Gasteiger partial charge in [-0.2, -0.15) is 5.48 Å². The van der Waals surface area contributed by atoms with Gasteiger partial charge in [-0.3, -0.25) is 24.6 Å². The van der Waals surface area contributed by atoms with E-state index >= 15 is 0 Å². The van der Waals surface area contributed by atoms with Crippen LogP contribution in [0.1, 0.15) is 33.0 Å². The van der Waals surface area contributed by atoms with Crippen molar-refractivity contribution in [1.29, 1.82) is 0 Å². The lowest BCUT2D eigenvalue weighted by atomic mass is 9.98. The van der Waals surface area contributed by atoms with Crippen LogP contribution < -0.4 is 16.9 Å². The first kappa shape index (κ1) is 29.9. The number of nitrogens with one attached hydrogen (secondary N) is 2. The highest BCUT2D eigenvalue weighted by Crippen LogP contribution is 2.44. The van der Waals surface area contributed by atoms with E-state index in [9.17, 15) is 19.7 Å². The van der Waals surface area contributed by atoms with Crippen LogP contribution in [0.25, 0.3) is 11.1 Å². The van der Waals surface area contributed by atoms with E-state index in [1.807, 2.05) is 24.3 Å². The normalized spacial score (nSPS) is 11.0. The summed E-state index contributed by atoms with van der Waals surface area (Å²) in [4.78, 5) is 45.4. The van der Waals surface area contributed by atoms with Gasteiger partial charge in [0.1, 0.15) is 6.61 Å². The van der Waals surface area contributed by atoms with Crippen LogP contribution in [0.2, 0.25) is 0 Å². The number of carbonyl (C=O) groups is 2. The smallest absolute Gasteiger partial charge is 0.431 e. The minimum Gasteiger partial charge on any atom is -0.447 e. The summed E-state index contributed by atoms with van der Waals surface area (Å²) in [6, 6.07) is 20.7. The number of fused-ring (bicyclic) bond motifs is 3. The van der Waals surface area contributed by atoms with Gasteiger partial charge in [0.15, 0.2) is 0 Å². The number of ether oxygens (including phenoxy) is 1. The molecule has 0 heterocycles. The van der Waals surface area contributed by atoms with Crippen molar-refractivity contribution in [3.8, 4) is 11.1 Å². The van der Waals surface area contributed by atoms with E-state index in [2.05, 4.69) is 55.6 Å². The number of nitrogens with zero attached hydrogens (tertiary/aromatic N) is 1. The summed E-state index contributed by atoms with van der Waals surface area (Å²) in [6.07, 6.45) is -0.575. The molecule has 0 atom stereocenters. The molecule has 12 nitrogen and oxygen atoms in total. The van der Waals surface area contributed by atoms with Crippen molar-refractivity contribution in [2.45, 2.75) is 12.8 Å². The standard InChI is InChI=1S/C16H15NO3.C9H10N2O4.CH5NO/c1-19-17-16(18)20-10-15-13-8-4-2-6-11(13)12-7-3-5-9-14(12)15;1-6-3-4-7(9(12)10-15-2)5-8(6)11(13)14;1-3-2/h2-9,15H,10H2,1H3,(H,17,18);3-5H,1-2H3,(H,10,12);2H2,1H3. The number of nitro benzene ring substituents is 1. The van der Waals surface area contributed by atoms with Crippen LogP contribution in [-0.2, 0) is 19.2 Å². The average Bonchev–Trinajstić information content (AvgIpc) is 3.22. The lowest BCUT2D eigenvalue weighted by Crippen LogP contribution is -2.24. The molecule has 1 aliphatic rings. The predicted octanol–water partition coefficient (Wildman–Crippen LogP) is 3.79. The zero-order chi connectivity index (χ0) is 28.1. The van der Waals surface area contributed by atoms with Gasteiger partial charge in [-0.15, -0.1) is 0 Å². The van der Waals surface area contributed by atoms with E-state index in [1.54, 1.807) is 6.92 Å².